The van der Waals surface area contributed by atoms with Crippen LogP contribution in [0.2, 0.25) is 0 Å². The van der Waals surface area contributed by atoms with E-state index in [2.05, 4.69) is 98.0 Å². The second-order valence-corrected chi connectivity index (χ2v) is 34.3. The minimum absolute atomic E-state index is 0.0733. The van der Waals surface area contributed by atoms with Crippen molar-refractivity contribution in [3.63, 3.8) is 0 Å². The molecule has 0 saturated carbocycles. The number of fused-ring (bicyclic) bond motifs is 8. The van der Waals surface area contributed by atoms with Gasteiger partial charge in [0.05, 0.1) is 127 Å². The number of hydrogen-bond donors (Lipinski definition) is 1. The van der Waals surface area contributed by atoms with Crippen molar-refractivity contribution < 1.29 is 23.7 Å². The van der Waals surface area contributed by atoms with Gasteiger partial charge in [0, 0.05) is 170 Å². The first-order chi connectivity index (χ1) is 61.5. The smallest absolute Gasteiger partial charge is 0.258 e. The molecule has 31 nitrogen and oxygen atoms in total. The van der Waals surface area contributed by atoms with Gasteiger partial charge < -0.3 is 53.5 Å². The van der Waals surface area contributed by atoms with Crippen molar-refractivity contribution in [1.29, 1.82) is 0 Å². The van der Waals surface area contributed by atoms with Gasteiger partial charge in [-0.3, -0.25) is 56.5 Å². The Morgan fingerprint density at radius 2 is 0.780 bits per heavy atom. The van der Waals surface area contributed by atoms with Crippen LogP contribution < -0.4 is 66.1 Å². The van der Waals surface area contributed by atoms with Crippen molar-refractivity contribution in [3.05, 3.63) is 221 Å². The van der Waals surface area contributed by atoms with E-state index in [1.54, 1.807) is 81.9 Å². The predicted octanol–water partition coefficient (Wildman–Crippen LogP) is 10.8. The van der Waals surface area contributed by atoms with Crippen LogP contribution >= 0.6 is 0 Å². The van der Waals surface area contributed by atoms with E-state index < -0.39 is 0 Å². The number of aromatic nitrogens is 14. The van der Waals surface area contributed by atoms with Crippen molar-refractivity contribution in [1.82, 2.24) is 86.8 Å². The van der Waals surface area contributed by atoms with Gasteiger partial charge in [-0.25, -0.2) is 29.0 Å². The quantitative estimate of drug-likeness (QED) is 0.0829. The number of likely N-dealkylation sites (N-methyl/N-ethyl adjacent to an activating group) is 1. The lowest BCUT2D eigenvalue weighted by Gasteiger charge is -2.39. The monoisotopic (exact) mass is 1720 g/mol. The van der Waals surface area contributed by atoms with E-state index in [0.717, 1.165) is 201 Å². The number of benzene rings is 2. The van der Waals surface area contributed by atoms with Crippen LogP contribution in [0.4, 0.5) is 22.7 Å². The Kier molecular flexibility index (Phi) is 25.2. The fraction of sp³-hybridized carbons (Fsp3) is 0.417. The number of nitrogens with one attached hydrogen (secondary N) is 1. The number of aryl methyl sites for hydroxylation is 8. The molecule has 2 atom stereocenters. The third-order valence-electron chi connectivity index (χ3n) is 25.8. The lowest BCUT2D eigenvalue weighted by molar-refractivity contribution is 0.193. The third kappa shape index (κ3) is 18.1. The standard InChI is InChI=1S/C25H32N4O4.C25H30N4O3.C24H27N7O.C22H25N7O/c1-17-13-20(28-10-7-19(8-11-28)26-9-12-31-2)16-29-24(30)15-21(27-25(17)29)18-5-6-22(32-3)23(14-18)33-4;1-4-17-12-20(28-11-10-27-9-5-6-19(27)15-28)16-29-24(30)14-21(26-25(17)29)18-7-8-22(31-2)23(13-18)32-3;1-15-9-19(29-8-7-28-6-4-5-18(28)13-29)14-30-23(32)11-20(26-24(15)30)21-10-22-17(3)25-16(2)12-31(22)27-21;1-14-9-17(27-7-5-26(4)6-8-27)13-28-21(30)11-18(24-22(14)28)19-10-20-16(3)23-15(2)12-29(20)25-19/h5-6,13-16,19,26H,7-12H2,1-4H3;7-8,12-14,16,19H,4-6,9-11,15H2,1-3H3;9-12,14,18H,4-8,13H2,1-3H3;9-13H,5-8H2,1-4H3/t;19-;18-;/m.11./s1. The molecule has 6 fully saturated rings. The number of hydrogen-bond acceptors (Lipinski definition) is 25. The molecule has 662 valence electrons. The molecule has 0 unspecified atom stereocenters. The number of pyridine rings is 4. The van der Waals surface area contributed by atoms with Gasteiger partial charge in [0.15, 0.2) is 23.0 Å². The number of anilines is 4. The molecule has 14 aromatic rings. The minimum Gasteiger partial charge on any atom is -0.493 e. The average molecular weight is 1720 g/mol. The van der Waals surface area contributed by atoms with E-state index in [1.165, 1.54) is 38.8 Å². The van der Waals surface area contributed by atoms with Gasteiger partial charge in [-0.2, -0.15) is 10.2 Å². The molecule has 6 aliphatic heterocycles. The minimum atomic E-state index is -0.106. The molecular formula is C96H114N22O9. The van der Waals surface area contributed by atoms with Crippen molar-refractivity contribution in [2.75, 3.05) is 167 Å². The second kappa shape index (κ2) is 37.1. The molecular weight excluding hydrogens is 1610 g/mol. The largest absolute Gasteiger partial charge is 0.493 e. The summed E-state index contributed by atoms with van der Waals surface area (Å²) in [7, 11) is 10.3. The molecule has 20 rings (SSSR count). The fourth-order valence-electron chi connectivity index (χ4n) is 18.9. The zero-order chi connectivity index (χ0) is 88.6. The first kappa shape index (κ1) is 86.4. The Bertz CT molecular complexity index is 6720. The number of methoxy groups -OCH3 is 5. The zero-order valence-electron chi connectivity index (χ0n) is 75.3. The summed E-state index contributed by atoms with van der Waals surface area (Å²) in [5.74, 6) is 2.50. The fourth-order valence-corrected chi connectivity index (χ4v) is 18.9. The Hall–Kier alpha value is -12.7. The molecule has 0 spiro atoms. The molecule has 127 heavy (non-hydrogen) atoms. The van der Waals surface area contributed by atoms with Crippen LogP contribution in [0.1, 0.15) is 90.5 Å². The van der Waals surface area contributed by atoms with Crippen molar-refractivity contribution in [2.24, 2.45) is 0 Å². The maximum Gasteiger partial charge on any atom is 0.258 e. The number of nitrogens with zero attached hydrogens (tertiary/aromatic N) is 21. The molecule has 0 amide bonds. The van der Waals surface area contributed by atoms with Crippen LogP contribution in [0.3, 0.4) is 0 Å². The van der Waals surface area contributed by atoms with Gasteiger partial charge in [0.2, 0.25) is 0 Å². The van der Waals surface area contributed by atoms with Crippen LogP contribution in [0, 0.1) is 48.5 Å². The van der Waals surface area contributed by atoms with Crippen LogP contribution in [0.15, 0.2) is 153 Å². The highest BCUT2D eigenvalue weighted by Crippen LogP contribution is 2.37. The summed E-state index contributed by atoms with van der Waals surface area (Å²) in [5, 5.41) is 12.8. The topological polar surface area (TPSA) is 279 Å². The van der Waals surface area contributed by atoms with E-state index in [-0.39, 0.29) is 22.2 Å². The van der Waals surface area contributed by atoms with Gasteiger partial charge in [-0.1, -0.05) is 6.92 Å². The Labute approximate surface area is 737 Å². The molecule has 12 aromatic heterocycles. The van der Waals surface area contributed by atoms with Crippen molar-refractivity contribution in [3.8, 4) is 68.3 Å². The van der Waals surface area contributed by atoms with Gasteiger partial charge in [0.1, 0.15) is 34.0 Å². The Morgan fingerprint density at radius 1 is 0.386 bits per heavy atom. The second-order valence-electron chi connectivity index (χ2n) is 34.3. The summed E-state index contributed by atoms with van der Waals surface area (Å²) in [5.41, 5.74) is 21.5. The van der Waals surface area contributed by atoms with E-state index >= 15 is 0 Å². The number of piperazine rings is 3. The molecule has 2 aromatic carbocycles. The number of piperidine rings is 1. The highest BCUT2D eigenvalue weighted by molar-refractivity contribution is 5.73. The molecule has 31 heteroatoms. The molecule has 0 radical (unpaired) electrons. The summed E-state index contributed by atoms with van der Waals surface area (Å²) in [6.45, 7) is 32.1. The first-order valence-corrected chi connectivity index (χ1v) is 44.2. The lowest BCUT2D eigenvalue weighted by Crippen LogP contribution is -2.50. The summed E-state index contributed by atoms with van der Waals surface area (Å²) < 4.78 is 36.9. The Balaban J connectivity index is 0.000000119. The summed E-state index contributed by atoms with van der Waals surface area (Å²) in [6, 6.07) is 31.8. The number of rotatable bonds is 17. The Morgan fingerprint density at radius 3 is 1.21 bits per heavy atom. The van der Waals surface area contributed by atoms with Gasteiger partial charge in [0.25, 0.3) is 22.2 Å². The maximum atomic E-state index is 13.2. The van der Waals surface area contributed by atoms with Crippen LogP contribution in [0.5, 0.6) is 23.0 Å². The van der Waals surface area contributed by atoms with Crippen molar-refractivity contribution in [2.45, 2.75) is 118 Å². The SMILES string of the molecule is CCc1cc(N2CCN3CCC[C@@H]3C2)cn2c(=O)cc(-c3ccc(OC)c(OC)c3)nc12.COCCNC1CCN(c2cc(C)c3nc(-c4ccc(OC)c(OC)c4)cc(=O)n3c2)CC1.Cc1cn2nc(-c3cc(=O)n4cc(N5CCN(C)CC5)cc(C)c4n3)cc2c(C)n1.Cc1cn2nc(-c3cc(=O)n4cc(N5CCN6CCC[C@@H]6C5)cc(C)c4n3)cc2c(C)n1. The van der Waals surface area contributed by atoms with Crippen LogP contribution in [-0.4, -0.2) is 247 Å². The molecule has 6 aliphatic rings. The lowest BCUT2D eigenvalue weighted by atomic mass is 10.0. The van der Waals surface area contributed by atoms with E-state index in [1.807, 2.05) is 139 Å². The van der Waals surface area contributed by atoms with Crippen LogP contribution in [-0.2, 0) is 11.2 Å². The molecule has 6 saturated heterocycles. The van der Waals surface area contributed by atoms with E-state index in [4.69, 9.17) is 43.6 Å². The molecule has 18 heterocycles. The van der Waals surface area contributed by atoms with Gasteiger partial charge in [-0.05, 0) is 209 Å². The first-order valence-electron chi connectivity index (χ1n) is 44.2. The third-order valence-corrected chi connectivity index (χ3v) is 25.8. The average Bonchev–Trinajstić information content (AvgIpc) is 1.70. The van der Waals surface area contributed by atoms with Gasteiger partial charge >= 0.3 is 0 Å². The van der Waals surface area contributed by atoms with Crippen molar-refractivity contribution >= 4 is 56.4 Å². The zero-order valence-corrected chi connectivity index (χ0v) is 75.3. The van der Waals surface area contributed by atoms with Crippen LogP contribution in [0.25, 0.3) is 78.9 Å². The molecule has 0 bridgehead atoms. The molecule has 0 aliphatic carbocycles. The predicted molar refractivity (Wildman–Crippen MR) is 498 cm³/mol. The summed E-state index contributed by atoms with van der Waals surface area (Å²) in [6.07, 6.45) is 19.6. The maximum absolute atomic E-state index is 13.2. The van der Waals surface area contributed by atoms with E-state index in [9.17, 15) is 19.2 Å². The highest BCUT2D eigenvalue weighted by Gasteiger charge is 2.34. The molecule has 1 N–H and O–H groups in total. The summed E-state index contributed by atoms with van der Waals surface area (Å²) >= 11 is 0. The highest BCUT2D eigenvalue weighted by atomic mass is 16.5. The van der Waals surface area contributed by atoms with E-state index in [0.29, 0.717) is 97.9 Å². The number of ether oxygens (including phenoxy) is 5. The summed E-state index contributed by atoms with van der Waals surface area (Å²) in [4.78, 5) is 97.7. The normalized spacial score (nSPS) is 17.0. The van der Waals surface area contributed by atoms with Gasteiger partial charge in [-0.15, -0.1) is 0 Å².